The van der Waals surface area contributed by atoms with Crippen LogP contribution in [0, 0.1) is 5.92 Å². The maximum absolute atomic E-state index is 12.2. The zero-order chi connectivity index (χ0) is 18.0. The van der Waals surface area contributed by atoms with Crippen LogP contribution >= 0.6 is 0 Å². The molecule has 0 radical (unpaired) electrons. The van der Waals surface area contributed by atoms with Crippen molar-refractivity contribution < 1.29 is 19.4 Å². The standard InChI is InChI=1S/C21H22O4/c1-13(22)18-10-16(14-4-7-17(23)8-5-14)11-19(18)15-6-9-20(24-2)21(12-15)25-3/h4-10,12,18-19,23H,11H2,1-3H3/t18?,19-/m0/s1. The molecule has 4 nitrogen and oxygen atoms in total. The van der Waals surface area contributed by atoms with Gasteiger partial charge in [0.05, 0.1) is 14.2 Å². The Hall–Kier alpha value is -2.75. The maximum atomic E-state index is 12.2. The smallest absolute Gasteiger partial charge is 0.160 e. The van der Waals surface area contributed by atoms with Gasteiger partial charge in [-0.05, 0) is 54.3 Å². The van der Waals surface area contributed by atoms with Crippen LogP contribution in [0.4, 0.5) is 0 Å². The first-order valence-electron chi connectivity index (χ1n) is 8.26. The zero-order valence-corrected chi connectivity index (χ0v) is 14.7. The van der Waals surface area contributed by atoms with E-state index in [0.29, 0.717) is 11.5 Å². The second kappa shape index (κ2) is 7.01. The quantitative estimate of drug-likeness (QED) is 0.888. The summed E-state index contributed by atoms with van der Waals surface area (Å²) in [5.74, 6) is 1.63. The molecule has 3 rings (SSSR count). The minimum Gasteiger partial charge on any atom is -0.508 e. The van der Waals surface area contributed by atoms with E-state index in [1.165, 1.54) is 0 Å². The summed E-state index contributed by atoms with van der Waals surface area (Å²) in [5.41, 5.74) is 3.22. The fourth-order valence-electron chi connectivity index (χ4n) is 3.46. The normalized spacial score (nSPS) is 19.4. The molecule has 0 aliphatic heterocycles. The first-order valence-corrected chi connectivity index (χ1v) is 8.26. The summed E-state index contributed by atoms with van der Waals surface area (Å²) < 4.78 is 10.7. The molecule has 1 aliphatic rings. The number of methoxy groups -OCH3 is 2. The highest BCUT2D eigenvalue weighted by molar-refractivity contribution is 5.86. The average molecular weight is 338 g/mol. The molecule has 1 unspecified atom stereocenters. The molecule has 2 aromatic carbocycles. The zero-order valence-electron chi connectivity index (χ0n) is 14.7. The van der Waals surface area contributed by atoms with Crippen LogP contribution in [0.25, 0.3) is 5.57 Å². The minimum atomic E-state index is -0.165. The van der Waals surface area contributed by atoms with Gasteiger partial charge >= 0.3 is 0 Å². The van der Waals surface area contributed by atoms with Gasteiger partial charge in [-0.3, -0.25) is 4.79 Å². The number of phenols is 1. The number of ketones is 1. The van der Waals surface area contributed by atoms with E-state index in [9.17, 15) is 9.90 Å². The van der Waals surface area contributed by atoms with E-state index in [0.717, 1.165) is 23.1 Å². The molecular formula is C21H22O4. The Morgan fingerprint density at radius 3 is 2.32 bits per heavy atom. The van der Waals surface area contributed by atoms with E-state index >= 15 is 0 Å². The first-order chi connectivity index (χ1) is 12.0. The van der Waals surface area contributed by atoms with Crippen molar-refractivity contribution in [3.8, 4) is 17.2 Å². The summed E-state index contributed by atoms with van der Waals surface area (Å²) in [4.78, 5) is 12.2. The van der Waals surface area contributed by atoms with Crippen LogP contribution in [0.1, 0.15) is 30.4 Å². The molecule has 2 atom stereocenters. The Balaban J connectivity index is 1.94. The molecule has 0 bridgehead atoms. The highest BCUT2D eigenvalue weighted by Gasteiger charge is 2.32. The van der Waals surface area contributed by atoms with E-state index in [2.05, 4.69) is 6.08 Å². The van der Waals surface area contributed by atoms with Gasteiger partial charge in [-0.2, -0.15) is 0 Å². The van der Waals surface area contributed by atoms with E-state index in [4.69, 9.17) is 9.47 Å². The van der Waals surface area contributed by atoms with E-state index in [1.54, 1.807) is 33.3 Å². The van der Waals surface area contributed by atoms with Crippen molar-refractivity contribution in [2.24, 2.45) is 5.92 Å². The van der Waals surface area contributed by atoms with Crippen LogP contribution in [-0.2, 0) is 4.79 Å². The number of aromatic hydroxyl groups is 1. The Bertz CT molecular complexity index is 805. The summed E-state index contributed by atoms with van der Waals surface area (Å²) in [5, 5.41) is 9.48. The van der Waals surface area contributed by atoms with Crippen molar-refractivity contribution in [1.82, 2.24) is 0 Å². The Kier molecular flexibility index (Phi) is 4.79. The van der Waals surface area contributed by atoms with Crippen molar-refractivity contribution >= 4 is 11.4 Å². The SMILES string of the molecule is COc1ccc([C@@H]2CC(c3ccc(O)cc3)=CC2C(C)=O)cc1OC. The molecule has 0 spiro atoms. The van der Waals surface area contributed by atoms with Gasteiger partial charge in [-0.15, -0.1) is 0 Å². The lowest BCUT2D eigenvalue weighted by Gasteiger charge is -2.19. The molecule has 0 fully saturated rings. The molecule has 2 aromatic rings. The fourth-order valence-corrected chi connectivity index (χ4v) is 3.46. The Labute approximate surface area is 147 Å². The lowest BCUT2D eigenvalue weighted by Crippen LogP contribution is -2.14. The molecule has 0 saturated carbocycles. The van der Waals surface area contributed by atoms with Gasteiger partial charge in [-0.25, -0.2) is 0 Å². The second-order valence-electron chi connectivity index (χ2n) is 6.30. The largest absolute Gasteiger partial charge is 0.508 e. The number of phenolic OH excluding ortho intramolecular Hbond substituents is 1. The van der Waals surface area contributed by atoms with E-state index in [-0.39, 0.29) is 23.4 Å². The van der Waals surface area contributed by atoms with Crippen LogP contribution in [-0.4, -0.2) is 25.1 Å². The molecule has 0 aromatic heterocycles. The van der Waals surface area contributed by atoms with Gasteiger partial charge in [0.25, 0.3) is 0 Å². The third-order valence-corrected chi connectivity index (χ3v) is 4.80. The number of ether oxygens (including phenoxy) is 2. The van der Waals surface area contributed by atoms with Crippen LogP contribution in [0.5, 0.6) is 17.2 Å². The lowest BCUT2D eigenvalue weighted by atomic mass is 9.85. The predicted octanol–water partition coefficient (Wildman–Crippen LogP) is 4.19. The van der Waals surface area contributed by atoms with Crippen LogP contribution in [0.2, 0.25) is 0 Å². The summed E-state index contributed by atoms with van der Waals surface area (Å²) in [6, 6.07) is 12.9. The lowest BCUT2D eigenvalue weighted by molar-refractivity contribution is -0.119. The molecular weight excluding hydrogens is 316 g/mol. The summed E-state index contributed by atoms with van der Waals surface area (Å²) in [6.07, 6.45) is 2.82. The molecule has 0 saturated heterocycles. The summed E-state index contributed by atoms with van der Waals surface area (Å²) >= 11 is 0. The average Bonchev–Trinajstić information content (AvgIpc) is 3.07. The monoisotopic (exact) mass is 338 g/mol. The molecule has 0 amide bonds. The second-order valence-corrected chi connectivity index (χ2v) is 6.30. The molecule has 25 heavy (non-hydrogen) atoms. The highest BCUT2D eigenvalue weighted by Crippen LogP contribution is 2.45. The van der Waals surface area contributed by atoms with Gasteiger partial charge < -0.3 is 14.6 Å². The van der Waals surface area contributed by atoms with Gasteiger partial charge in [0.2, 0.25) is 0 Å². The number of hydrogen-bond acceptors (Lipinski definition) is 4. The number of benzene rings is 2. The number of rotatable bonds is 5. The van der Waals surface area contributed by atoms with Gasteiger partial charge in [0, 0.05) is 11.8 Å². The molecule has 1 aliphatic carbocycles. The molecule has 0 heterocycles. The number of carbonyl (C=O) groups excluding carboxylic acids is 1. The minimum absolute atomic E-state index is 0.0705. The van der Waals surface area contributed by atoms with Gasteiger partial charge in [0.15, 0.2) is 11.5 Å². The Morgan fingerprint density at radius 1 is 1.04 bits per heavy atom. The summed E-state index contributed by atoms with van der Waals surface area (Å²) in [7, 11) is 3.22. The number of allylic oxidation sites excluding steroid dienone is 2. The van der Waals surface area contributed by atoms with Crippen LogP contribution in [0.15, 0.2) is 48.5 Å². The summed E-state index contributed by atoms with van der Waals surface area (Å²) in [6.45, 7) is 1.63. The number of carbonyl (C=O) groups is 1. The number of hydrogen-bond donors (Lipinski definition) is 1. The highest BCUT2D eigenvalue weighted by atomic mass is 16.5. The first kappa shape index (κ1) is 17.1. The van der Waals surface area contributed by atoms with Gasteiger partial charge in [-0.1, -0.05) is 24.3 Å². The fraction of sp³-hybridized carbons (Fsp3) is 0.286. The third kappa shape index (κ3) is 3.38. The number of Topliss-reactive ketones (excluding diaryl/α,β-unsaturated/α-hetero) is 1. The van der Waals surface area contributed by atoms with Crippen molar-refractivity contribution in [1.29, 1.82) is 0 Å². The molecule has 1 N–H and O–H groups in total. The van der Waals surface area contributed by atoms with E-state index < -0.39 is 0 Å². The third-order valence-electron chi connectivity index (χ3n) is 4.80. The maximum Gasteiger partial charge on any atom is 0.160 e. The van der Waals surface area contributed by atoms with Crippen molar-refractivity contribution in [2.45, 2.75) is 19.3 Å². The molecule has 130 valence electrons. The van der Waals surface area contributed by atoms with E-state index in [1.807, 2.05) is 30.3 Å². The van der Waals surface area contributed by atoms with Crippen molar-refractivity contribution in [2.75, 3.05) is 14.2 Å². The molecule has 4 heteroatoms. The van der Waals surface area contributed by atoms with Gasteiger partial charge in [0.1, 0.15) is 11.5 Å². The predicted molar refractivity (Wildman–Crippen MR) is 97.2 cm³/mol. The van der Waals surface area contributed by atoms with Crippen molar-refractivity contribution in [3.05, 3.63) is 59.7 Å². The van der Waals surface area contributed by atoms with Crippen LogP contribution in [0.3, 0.4) is 0 Å². The van der Waals surface area contributed by atoms with Crippen molar-refractivity contribution in [3.63, 3.8) is 0 Å². The van der Waals surface area contributed by atoms with Crippen LogP contribution < -0.4 is 9.47 Å². The topological polar surface area (TPSA) is 55.8 Å². The Morgan fingerprint density at radius 2 is 1.72 bits per heavy atom.